The van der Waals surface area contributed by atoms with Gasteiger partial charge in [-0.05, 0) is 78.1 Å². The molecule has 1 aliphatic carbocycles. The molecule has 0 saturated heterocycles. The summed E-state index contributed by atoms with van der Waals surface area (Å²) in [5, 5.41) is 4.10. The van der Waals surface area contributed by atoms with Crippen LogP contribution in [0.3, 0.4) is 0 Å². The highest BCUT2D eigenvalue weighted by molar-refractivity contribution is 14.1. The van der Waals surface area contributed by atoms with Gasteiger partial charge in [0.1, 0.15) is 4.83 Å². The van der Waals surface area contributed by atoms with E-state index in [2.05, 4.69) is 37.9 Å². The van der Waals surface area contributed by atoms with E-state index in [1.807, 2.05) is 24.3 Å². The van der Waals surface area contributed by atoms with Crippen LogP contribution in [0.2, 0.25) is 0 Å². The molecular formula is C18H16IN3O2S2. The fourth-order valence-corrected chi connectivity index (χ4v) is 5.42. The van der Waals surface area contributed by atoms with Crippen LogP contribution in [0, 0.1) is 3.57 Å². The van der Waals surface area contributed by atoms with Crippen molar-refractivity contribution in [2.75, 3.05) is 11.1 Å². The van der Waals surface area contributed by atoms with Gasteiger partial charge in [-0.3, -0.25) is 9.59 Å². The van der Waals surface area contributed by atoms with Crippen molar-refractivity contribution in [1.29, 1.82) is 0 Å². The van der Waals surface area contributed by atoms with E-state index in [0.29, 0.717) is 5.16 Å². The standard InChI is InChI=1S/C18H16IN3O2S2/c19-10-5-7-11(8-6-10)20-14(23)9-25-18-21-16(24)15-12-3-1-2-4-13(12)26-17(15)22-18/h5-8H,1-4,9H2,(H,20,23)(H,21,22,24). The number of nitrogens with zero attached hydrogens (tertiary/aromatic N) is 1. The van der Waals surface area contributed by atoms with Gasteiger partial charge in [-0.2, -0.15) is 0 Å². The third-order valence-electron chi connectivity index (χ3n) is 4.27. The van der Waals surface area contributed by atoms with Crippen LogP contribution in [0.5, 0.6) is 0 Å². The number of anilines is 1. The first kappa shape index (κ1) is 18.0. The average Bonchev–Trinajstić information content (AvgIpc) is 3.01. The van der Waals surface area contributed by atoms with Gasteiger partial charge in [-0.1, -0.05) is 11.8 Å². The van der Waals surface area contributed by atoms with E-state index in [-0.39, 0.29) is 17.2 Å². The molecule has 0 radical (unpaired) electrons. The number of aryl methyl sites for hydroxylation is 2. The fraction of sp³-hybridized carbons (Fsp3) is 0.278. The Morgan fingerprint density at radius 2 is 2.04 bits per heavy atom. The topological polar surface area (TPSA) is 74.8 Å². The SMILES string of the molecule is O=C(CSc1nc2sc3c(c2c(=O)[nH]1)CCCC3)Nc1ccc(I)cc1. The Balaban J connectivity index is 1.48. The van der Waals surface area contributed by atoms with Crippen molar-refractivity contribution in [2.45, 2.75) is 30.8 Å². The summed E-state index contributed by atoms with van der Waals surface area (Å²) in [6.45, 7) is 0. The van der Waals surface area contributed by atoms with Gasteiger partial charge in [0, 0.05) is 14.1 Å². The van der Waals surface area contributed by atoms with Crippen molar-refractivity contribution in [2.24, 2.45) is 0 Å². The fourth-order valence-electron chi connectivity index (χ4n) is 3.08. The molecule has 0 bridgehead atoms. The number of rotatable bonds is 4. The number of halogens is 1. The van der Waals surface area contributed by atoms with Crippen LogP contribution in [0.4, 0.5) is 5.69 Å². The third kappa shape index (κ3) is 3.81. The minimum atomic E-state index is -0.121. The second-order valence-corrected chi connectivity index (χ2v) is 9.40. The zero-order valence-corrected chi connectivity index (χ0v) is 17.6. The lowest BCUT2D eigenvalue weighted by Gasteiger charge is -2.09. The first-order chi connectivity index (χ1) is 12.6. The molecule has 0 fully saturated rings. The molecule has 26 heavy (non-hydrogen) atoms. The minimum absolute atomic E-state index is 0.0880. The van der Waals surface area contributed by atoms with E-state index in [4.69, 9.17) is 0 Å². The molecule has 2 heterocycles. The van der Waals surface area contributed by atoms with Crippen LogP contribution in [0.25, 0.3) is 10.2 Å². The molecule has 1 aliphatic rings. The van der Waals surface area contributed by atoms with E-state index in [9.17, 15) is 9.59 Å². The summed E-state index contributed by atoms with van der Waals surface area (Å²) in [5.41, 5.74) is 1.85. The first-order valence-corrected chi connectivity index (χ1v) is 11.2. The Labute approximate surface area is 172 Å². The van der Waals surface area contributed by atoms with E-state index in [1.54, 1.807) is 11.3 Å². The molecule has 5 nitrogen and oxygen atoms in total. The van der Waals surface area contributed by atoms with Crippen LogP contribution in [0.1, 0.15) is 23.3 Å². The van der Waals surface area contributed by atoms with Crippen molar-refractivity contribution < 1.29 is 4.79 Å². The molecule has 1 aromatic carbocycles. The Hall–Kier alpha value is -1.39. The van der Waals surface area contributed by atoms with E-state index >= 15 is 0 Å². The van der Waals surface area contributed by atoms with Crippen LogP contribution < -0.4 is 10.9 Å². The quantitative estimate of drug-likeness (QED) is 0.322. The number of hydrogen-bond donors (Lipinski definition) is 2. The summed E-state index contributed by atoms with van der Waals surface area (Å²) >= 11 is 5.09. The molecule has 0 unspecified atom stereocenters. The Kier molecular flexibility index (Phi) is 5.32. The Bertz CT molecular complexity index is 1030. The van der Waals surface area contributed by atoms with E-state index in [1.165, 1.54) is 28.6 Å². The summed E-state index contributed by atoms with van der Waals surface area (Å²) in [5.74, 6) is 0.0790. The van der Waals surface area contributed by atoms with Gasteiger partial charge in [-0.25, -0.2) is 4.98 Å². The second-order valence-electron chi connectivity index (χ2n) is 6.11. The maximum absolute atomic E-state index is 12.5. The lowest BCUT2D eigenvalue weighted by atomic mass is 9.97. The highest BCUT2D eigenvalue weighted by Crippen LogP contribution is 2.34. The summed E-state index contributed by atoms with van der Waals surface area (Å²) in [4.78, 5) is 34.1. The minimum Gasteiger partial charge on any atom is -0.325 e. The van der Waals surface area contributed by atoms with Crippen molar-refractivity contribution >= 4 is 67.5 Å². The van der Waals surface area contributed by atoms with Gasteiger partial charge in [0.15, 0.2) is 5.16 Å². The highest BCUT2D eigenvalue weighted by atomic mass is 127. The molecule has 0 aliphatic heterocycles. The number of thiophene rings is 1. The number of H-pyrrole nitrogens is 1. The summed E-state index contributed by atoms with van der Waals surface area (Å²) < 4.78 is 1.11. The number of fused-ring (bicyclic) bond motifs is 3. The maximum atomic E-state index is 12.5. The number of aromatic nitrogens is 2. The second kappa shape index (κ2) is 7.69. The maximum Gasteiger partial charge on any atom is 0.260 e. The number of nitrogens with one attached hydrogen (secondary N) is 2. The number of carbonyl (C=O) groups is 1. The Morgan fingerprint density at radius 3 is 2.85 bits per heavy atom. The monoisotopic (exact) mass is 497 g/mol. The van der Waals surface area contributed by atoms with Crippen molar-refractivity contribution in [3.8, 4) is 0 Å². The molecular weight excluding hydrogens is 481 g/mol. The molecule has 2 N–H and O–H groups in total. The molecule has 4 rings (SSSR count). The van der Waals surface area contributed by atoms with Gasteiger partial charge in [0.05, 0.1) is 11.1 Å². The van der Waals surface area contributed by atoms with E-state index in [0.717, 1.165) is 38.7 Å². The summed E-state index contributed by atoms with van der Waals surface area (Å²) in [6.07, 6.45) is 4.31. The largest absolute Gasteiger partial charge is 0.325 e. The lowest BCUT2D eigenvalue weighted by molar-refractivity contribution is -0.113. The third-order valence-corrected chi connectivity index (χ3v) is 7.05. The van der Waals surface area contributed by atoms with Crippen molar-refractivity contribution in [3.05, 3.63) is 48.6 Å². The van der Waals surface area contributed by atoms with Gasteiger partial charge >= 0.3 is 0 Å². The zero-order valence-electron chi connectivity index (χ0n) is 13.8. The number of hydrogen-bond acceptors (Lipinski definition) is 5. The van der Waals surface area contributed by atoms with Crippen LogP contribution in [-0.2, 0) is 17.6 Å². The lowest BCUT2D eigenvalue weighted by Crippen LogP contribution is -2.15. The van der Waals surface area contributed by atoms with Gasteiger partial charge in [0.2, 0.25) is 5.91 Å². The van der Waals surface area contributed by atoms with Gasteiger partial charge in [-0.15, -0.1) is 11.3 Å². The van der Waals surface area contributed by atoms with Crippen molar-refractivity contribution in [1.82, 2.24) is 9.97 Å². The highest BCUT2D eigenvalue weighted by Gasteiger charge is 2.20. The van der Waals surface area contributed by atoms with Crippen LogP contribution in [-0.4, -0.2) is 21.6 Å². The van der Waals surface area contributed by atoms with Crippen LogP contribution in [0.15, 0.2) is 34.2 Å². The zero-order chi connectivity index (χ0) is 18.1. The summed E-state index contributed by atoms with van der Waals surface area (Å²) in [7, 11) is 0. The molecule has 2 aromatic heterocycles. The number of carbonyl (C=O) groups excluding carboxylic acids is 1. The molecule has 134 valence electrons. The number of amides is 1. The molecule has 8 heteroatoms. The summed E-state index contributed by atoms with van der Waals surface area (Å²) in [6, 6.07) is 7.61. The predicted octanol–water partition coefficient (Wildman–Crippen LogP) is 4.20. The molecule has 1 amide bonds. The average molecular weight is 497 g/mol. The molecule has 0 spiro atoms. The number of thioether (sulfide) groups is 1. The molecule has 0 saturated carbocycles. The van der Waals surface area contributed by atoms with Gasteiger partial charge in [0.25, 0.3) is 5.56 Å². The van der Waals surface area contributed by atoms with Crippen LogP contribution >= 0.6 is 45.7 Å². The predicted molar refractivity (Wildman–Crippen MR) is 115 cm³/mol. The van der Waals surface area contributed by atoms with E-state index < -0.39 is 0 Å². The van der Waals surface area contributed by atoms with Gasteiger partial charge < -0.3 is 10.3 Å². The molecule has 3 aromatic rings. The smallest absolute Gasteiger partial charge is 0.260 e. The molecule has 0 atom stereocenters. The normalized spacial score (nSPS) is 13.6. The van der Waals surface area contributed by atoms with Crippen molar-refractivity contribution in [3.63, 3.8) is 0 Å². The number of benzene rings is 1. The first-order valence-electron chi connectivity index (χ1n) is 8.33. The number of aromatic amines is 1. The Morgan fingerprint density at radius 1 is 1.27 bits per heavy atom.